The summed E-state index contributed by atoms with van der Waals surface area (Å²) in [5, 5.41) is 6.99. The third kappa shape index (κ3) is 3.61. The number of carbonyl (C=O) groups excluding carboxylic acids is 1. The van der Waals surface area contributed by atoms with Gasteiger partial charge in [0.15, 0.2) is 0 Å². The number of hydrogen-bond acceptors (Lipinski definition) is 5. The van der Waals surface area contributed by atoms with Crippen molar-refractivity contribution in [1.29, 1.82) is 0 Å². The Morgan fingerprint density at radius 1 is 1.07 bits per heavy atom. The predicted molar refractivity (Wildman–Crippen MR) is 109 cm³/mol. The Balaban J connectivity index is 1.71. The maximum absolute atomic E-state index is 12.9. The fourth-order valence-electron chi connectivity index (χ4n) is 2.74. The summed E-state index contributed by atoms with van der Waals surface area (Å²) in [6, 6.07) is 19.0. The van der Waals surface area contributed by atoms with E-state index in [1.165, 1.54) is 0 Å². The Hall–Kier alpha value is -3.38. The van der Waals surface area contributed by atoms with Crippen LogP contribution in [0.3, 0.4) is 0 Å². The van der Waals surface area contributed by atoms with E-state index in [0.29, 0.717) is 11.3 Å². The number of pyridine rings is 2. The van der Waals surface area contributed by atoms with Gasteiger partial charge in [-0.2, -0.15) is 5.10 Å². The smallest absolute Gasteiger partial charge is 0.267 e. The van der Waals surface area contributed by atoms with Crippen LogP contribution in [0.2, 0.25) is 0 Å². The molecule has 27 heavy (non-hydrogen) atoms. The van der Waals surface area contributed by atoms with Crippen LogP contribution < -0.4 is 5.43 Å². The van der Waals surface area contributed by atoms with Crippen LogP contribution in [0, 0.1) is 0 Å². The lowest BCUT2D eigenvalue weighted by Crippen LogP contribution is -2.20. The molecule has 0 saturated heterocycles. The van der Waals surface area contributed by atoms with Crippen molar-refractivity contribution < 1.29 is 4.79 Å². The van der Waals surface area contributed by atoms with E-state index in [1.54, 1.807) is 17.5 Å². The van der Waals surface area contributed by atoms with Gasteiger partial charge in [0.2, 0.25) is 0 Å². The largest absolute Gasteiger partial charge is 0.272 e. The van der Waals surface area contributed by atoms with Gasteiger partial charge in [0.1, 0.15) is 0 Å². The first-order chi connectivity index (χ1) is 13.2. The molecule has 0 aliphatic heterocycles. The highest BCUT2D eigenvalue weighted by Crippen LogP contribution is 2.27. The van der Waals surface area contributed by atoms with E-state index in [0.717, 1.165) is 27.2 Å². The molecule has 0 aliphatic rings. The maximum Gasteiger partial charge on any atom is 0.272 e. The Labute approximate surface area is 160 Å². The summed E-state index contributed by atoms with van der Waals surface area (Å²) in [5.74, 6) is -0.276. The standard InChI is InChI=1S/C21H16N4OS/c1-14(17-8-4-5-11-22-17)24-25-21(26)16-13-19(20-10-6-12-27-20)23-18-9-3-2-7-15(16)18/h2-13H,1H3,(H,25,26). The van der Waals surface area contributed by atoms with Gasteiger partial charge >= 0.3 is 0 Å². The summed E-state index contributed by atoms with van der Waals surface area (Å²) in [6.45, 7) is 1.81. The molecule has 1 amide bonds. The highest BCUT2D eigenvalue weighted by molar-refractivity contribution is 7.13. The molecule has 3 heterocycles. The number of amides is 1. The van der Waals surface area contributed by atoms with Crippen molar-refractivity contribution in [2.75, 3.05) is 0 Å². The van der Waals surface area contributed by atoms with Crippen LogP contribution in [-0.4, -0.2) is 21.6 Å². The van der Waals surface area contributed by atoms with Gasteiger partial charge in [-0.3, -0.25) is 9.78 Å². The molecule has 3 aromatic heterocycles. The summed E-state index contributed by atoms with van der Waals surface area (Å²) >= 11 is 1.59. The summed E-state index contributed by atoms with van der Waals surface area (Å²) < 4.78 is 0. The number of fused-ring (bicyclic) bond motifs is 1. The monoisotopic (exact) mass is 372 g/mol. The van der Waals surface area contributed by atoms with E-state index < -0.39 is 0 Å². The number of thiophene rings is 1. The zero-order chi connectivity index (χ0) is 18.6. The molecule has 132 valence electrons. The fraction of sp³-hybridized carbons (Fsp3) is 0.0476. The van der Waals surface area contributed by atoms with E-state index >= 15 is 0 Å². The SMILES string of the molecule is CC(=NNC(=O)c1cc(-c2cccs2)nc2ccccc12)c1ccccn1. The third-order valence-electron chi connectivity index (χ3n) is 4.10. The zero-order valence-corrected chi connectivity index (χ0v) is 15.4. The molecule has 0 aliphatic carbocycles. The predicted octanol–water partition coefficient (Wildman–Crippen LogP) is 4.51. The number of benzene rings is 1. The summed E-state index contributed by atoms with van der Waals surface area (Å²) in [4.78, 5) is 22.8. The average molecular weight is 372 g/mol. The van der Waals surface area contributed by atoms with Gasteiger partial charge in [-0.05, 0) is 42.6 Å². The van der Waals surface area contributed by atoms with Crippen molar-refractivity contribution in [2.24, 2.45) is 5.10 Å². The Morgan fingerprint density at radius 3 is 2.70 bits per heavy atom. The molecule has 6 heteroatoms. The van der Waals surface area contributed by atoms with Crippen molar-refractivity contribution in [3.63, 3.8) is 0 Å². The van der Waals surface area contributed by atoms with Gasteiger partial charge in [0.25, 0.3) is 5.91 Å². The molecule has 4 aromatic rings. The topological polar surface area (TPSA) is 67.2 Å². The highest BCUT2D eigenvalue weighted by atomic mass is 32.1. The second-order valence-corrected chi connectivity index (χ2v) is 6.85. The minimum atomic E-state index is -0.276. The van der Waals surface area contributed by atoms with Crippen LogP contribution in [-0.2, 0) is 0 Å². The highest BCUT2D eigenvalue weighted by Gasteiger charge is 2.14. The molecule has 0 fully saturated rings. The van der Waals surface area contributed by atoms with Crippen molar-refractivity contribution >= 4 is 33.9 Å². The summed E-state index contributed by atoms with van der Waals surface area (Å²) in [6.07, 6.45) is 1.69. The van der Waals surface area contributed by atoms with Gasteiger partial charge in [0.05, 0.1) is 33.1 Å². The van der Waals surface area contributed by atoms with Crippen LogP contribution in [0.25, 0.3) is 21.5 Å². The molecule has 0 radical (unpaired) electrons. The van der Waals surface area contributed by atoms with Gasteiger partial charge in [0, 0.05) is 11.6 Å². The minimum absolute atomic E-state index is 0.276. The molecule has 0 atom stereocenters. The molecule has 0 bridgehead atoms. The van der Waals surface area contributed by atoms with E-state index in [2.05, 4.69) is 20.5 Å². The normalized spacial score (nSPS) is 11.5. The van der Waals surface area contributed by atoms with Gasteiger partial charge < -0.3 is 0 Å². The third-order valence-corrected chi connectivity index (χ3v) is 4.99. The second-order valence-electron chi connectivity index (χ2n) is 5.90. The van der Waals surface area contributed by atoms with Crippen molar-refractivity contribution in [1.82, 2.24) is 15.4 Å². The number of hydrogen-bond donors (Lipinski definition) is 1. The molecular weight excluding hydrogens is 356 g/mol. The number of para-hydroxylation sites is 1. The Morgan fingerprint density at radius 2 is 1.93 bits per heavy atom. The quantitative estimate of drug-likeness (QED) is 0.423. The number of carbonyl (C=O) groups is 1. The maximum atomic E-state index is 12.9. The molecule has 0 unspecified atom stereocenters. The first-order valence-corrected chi connectivity index (χ1v) is 9.30. The minimum Gasteiger partial charge on any atom is -0.267 e. The number of nitrogens with one attached hydrogen (secondary N) is 1. The number of aromatic nitrogens is 2. The number of rotatable bonds is 4. The zero-order valence-electron chi connectivity index (χ0n) is 14.6. The van der Waals surface area contributed by atoms with Gasteiger partial charge in [-0.15, -0.1) is 11.3 Å². The average Bonchev–Trinajstić information content (AvgIpc) is 3.26. The Kier molecular flexibility index (Phi) is 4.72. The molecule has 0 spiro atoms. The van der Waals surface area contributed by atoms with E-state index in [4.69, 9.17) is 0 Å². The lowest BCUT2D eigenvalue weighted by molar-refractivity contribution is 0.0956. The second kappa shape index (κ2) is 7.47. The van der Waals surface area contributed by atoms with E-state index in [9.17, 15) is 4.79 Å². The van der Waals surface area contributed by atoms with E-state index in [-0.39, 0.29) is 5.91 Å². The van der Waals surface area contributed by atoms with Crippen molar-refractivity contribution in [3.8, 4) is 10.6 Å². The fourth-order valence-corrected chi connectivity index (χ4v) is 3.43. The van der Waals surface area contributed by atoms with Crippen LogP contribution >= 0.6 is 11.3 Å². The molecule has 0 saturated carbocycles. The van der Waals surface area contributed by atoms with Gasteiger partial charge in [-0.25, -0.2) is 10.4 Å². The molecule has 1 N–H and O–H groups in total. The van der Waals surface area contributed by atoms with Crippen molar-refractivity contribution in [3.05, 3.63) is 83.5 Å². The van der Waals surface area contributed by atoms with Gasteiger partial charge in [-0.1, -0.05) is 30.3 Å². The molecule has 5 nitrogen and oxygen atoms in total. The molecular formula is C21H16N4OS. The Bertz CT molecular complexity index is 1120. The van der Waals surface area contributed by atoms with Crippen LogP contribution in [0.5, 0.6) is 0 Å². The van der Waals surface area contributed by atoms with Crippen molar-refractivity contribution in [2.45, 2.75) is 6.92 Å². The van der Waals surface area contributed by atoms with Crippen LogP contribution in [0.1, 0.15) is 23.0 Å². The van der Waals surface area contributed by atoms with Crippen LogP contribution in [0.15, 0.2) is 77.3 Å². The molecule has 4 rings (SSSR count). The summed E-state index contributed by atoms with van der Waals surface area (Å²) in [5.41, 5.74) is 6.10. The first-order valence-electron chi connectivity index (χ1n) is 8.42. The lowest BCUT2D eigenvalue weighted by atomic mass is 10.1. The lowest BCUT2D eigenvalue weighted by Gasteiger charge is -2.08. The summed E-state index contributed by atoms with van der Waals surface area (Å²) in [7, 11) is 0. The number of hydrazone groups is 1. The molecule has 1 aromatic carbocycles. The van der Waals surface area contributed by atoms with E-state index in [1.807, 2.05) is 73.0 Å². The van der Waals surface area contributed by atoms with Crippen LogP contribution in [0.4, 0.5) is 0 Å². The first kappa shape index (κ1) is 17.1. The number of nitrogens with zero attached hydrogens (tertiary/aromatic N) is 3.